The van der Waals surface area contributed by atoms with Crippen molar-refractivity contribution in [3.63, 3.8) is 0 Å². The Balaban J connectivity index is 2.29. The zero-order valence-corrected chi connectivity index (χ0v) is 7.06. The van der Waals surface area contributed by atoms with E-state index in [0.717, 1.165) is 19.5 Å². The summed E-state index contributed by atoms with van der Waals surface area (Å²) in [6.07, 6.45) is 0.469. The van der Waals surface area contributed by atoms with Crippen molar-refractivity contribution < 1.29 is 10.2 Å². The Morgan fingerprint density at radius 1 is 1.70 bits per heavy atom. The van der Waals surface area contributed by atoms with Gasteiger partial charge in [-0.1, -0.05) is 9.39 Å². The van der Waals surface area contributed by atoms with Crippen molar-refractivity contribution in [1.82, 2.24) is 4.67 Å². The van der Waals surface area contributed by atoms with E-state index in [1.54, 1.807) is 0 Å². The predicted molar refractivity (Wildman–Crippen MR) is 42.5 cm³/mol. The lowest BCUT2D eigenvalue weighted by Gasteiger charge is -2.14. The van der Waals surface area contributed by atoms with Crippen LogP contribution >= 0.6 is 9.39 Å². The maximum Gasteiger partial charge on any atom is 0.0811 e. The van der Waals surface area contributed by atoms with E-state index in [9.17, 15) is 5.11 Å². The third-order valence-electron chi connectivity index (χ3n) is 1.99. The van der Waals surface area contributed by atoms with Crippen molar-refractivity contribution in [3.8, 4) is 0 Å². The molecular formula is C6H14NO2P. The molecule has 10 heavy (non-hydrogen) atoms. The van der Waals surface area contributed by atoms with Crippen LogP contribution in [-0.4, -0.2) is 40.7 Å². The average Bonchev–Trinajstić information content (AvgIpc) is 2.34. The zero-order chi connectivity index (χ0) is 7.56. The molecule has 1 fully saturated rings. The number of rotatable bonds is 2. The first-order valence-electron chi connectivity index (χ1n) is 3.52. The van der Waals surface area contributed by atoms with Gasteiger partial charge in [0.15, 0.2) is 0 Å². The Labute approximate surface area is 63.3 Å². The SMILES string of the molecule is OC[C@H](O)[C@H]1CCN(P)C1. The highest BCUT2D eigenvalue weighted by Gasteiger charge is 2.25. The summed E-state index contributed by atoms with van der Waals surface area (Å²) >= 11 is 0. The van der Waals surface area contributed by atoms with Crippen LogP contribution in [0.5, 0.6) is 0 Å². The van der Waals surface area contributed by atoms with Gasteiger partial charge in [0.05, 0.1) is 12.7 Å². The standard InChI is InChI=1S/C6H14NO2P/c8-4-6(9)5-1-2-7(10)3-5/h5-6,8-9H,1-4,10H2/t5-,6-/m0/s1. The molecule has 0 aromatic carbocycles. The Hall–Kier alpha value is 0.310. The summed E-state index contributed by atoms with van der Waals surface area (Å²) in [7, 11) is 2.60. The van der Waals surface area contributed by atoms with E-state index in [-0.39, 0.29) is 12.5 Å². The predicted octanol–water partition coefficient (Wildman–Crippen LogP) is -0.548. The van der Waals surface area contributed by atoms with Crippen molar-refractivity contribution in [2.45, 2.75) is 12.5 Å². The van der Waals surface area contributed by atoms with Gasteiger partial charge in [0.2, 0.25) is 0 Å². The van der Waals surface area contributed by atoms with Gasteiger partial charge in [0.25, 0.3) is 0 Å². The van der Waals surface area contributed by atoms with Gasteiger partial charge in [-0.2, -0.15) is 0 Å². The molecule has 0 amide bonds. The van der Waals surface area contributed by atoms with Crippen molar-refractivity contribution in [2.24, 2.45) is 5.92 Å². The summed E-state index contributed by atoms with van der Waals surface area (Å²) < 4.78 is 2.09. The van der Waals surface area contributed by atoms with E-state index < -0.39 is 6.10 Å². The highest BCUT2D eigenvalue weighted by molar-refractivity contribution is 7.13. The minimum Gasteiger partial charge on any atom is -0.394 e. The van der Waals surface area contributed by atoms with Crippen LogP contribution in [0, 0.1) is 5.92 Å². The molecule has 4 heteroatoms. The van der Waals surface area contributed by atoms with Crippen LogP contribution in [0.3, 0.4) is 0 Å². The van der Waals surface area contributed by atoms with Crippen LogP contribution in [0.2, 0.25) is 0 Å². The molecule has 1 heterocycles. The fraction of sp³-hybridized carbons (Fsp3) is 1.00. The third-order valence-corrected chi connectivity index (χ3v) is 2.46. The van der Waals surface area contributed by atoms with Gasteiger partial charge in [-0.3, -0.25) is 4.67 Å². The van der Waals surface area contributed by atoms with E-state index in [1.165, 1.54) is 0 Å². The molecule has 1 aliphatic rings. The van der Waals surface area contributed by atoms with Gasteiger partial charge in [0, 0.05) is 19.0 Å². The topological polar surface area (TPSA) is 43.7 Å². The molecule has 1 unspecified atom stereocenters. The number of aliphatic hydroxyl groups is 2. The van der Waals surface area contributed by atoms with Gasteiger partial charge in [-0.05, 0) is 6.42 Å². The molecule has 3 atom stereocenters. The van der Waals surface area contributed by atoms with Crippen LogP contribution < -0.4 is 0 Å². The van der Waals surface area contributed by atoms with Gasteiger partial charge < -0.3 is 10.2 Å². The molecule has 0 radical (unpaired) electrons. The molecule has 1 saturated heterocycles. The van der Waals surface area contributed by atoms with Crippen LogP contribution in [0.1, 0.15) is 6.42 Å². The average molecular weight is 163 g/mol. The van der Waals surface area contributed by atoms with Gasteiger partial charge in [-0.25, -0.2) is 0 Å². The molecule has 1 aliphatic heterocycles. The molecule has 0 aromatic heterocycles. The minimum atomic E-state index is -0.523. The first-order chi connectivity index (χ1) is 4.74. The first kappa shape index (κ1) is 8.41. The normalized spacial score (nSPS) is 30.9. The molecule has 3 nitrogen and oxygen atoms in total. The lowest BCUT2D eigenvalue weighted by Crippen LogP contribution is -2.25. The number of hydrogen-bond acceptors (Lipinski definition) is 3. The Morgan fingerprint density at radius 3 is 2.80 bits per heavy atom. The van der Waals surface area contributed by atoms with E-state index in [1.807, 2.05) is 0 Å². The van der Waals surface area contributed by atoms with Crippen molar-refractivity contribution >= 4 is 9.39 Å². The lowest BCUT2D eigenvalue weighted by molar-refractivity contribution is 0.0524. The highest BCUT2D eigenvalue weighted by Crippen LogP contribution is 2.21. The van der Waals surface area contributed by atoms with E-state index in [0.29, 0.717) is 0 Å². The molecule has 2 N–H and O–H groups in total. The molecule has 0 saturated carbocycles. The summed E-state index contributed by atoms with van der Waals surface area (Å²) in [5.74, 6) is 0.266. The maximum atomic E-state index is 9.19. The number of hydrogen-bond donors (Lipinski definition) is 2. The van der Waals surface area contributed by atoms with Gasteiger partial charge in [0.1, 0.15) is 0 Å². The van der Waals surface area contributed by atoms with Crippen molar-refractivity contribution in [2.75, 3.05) is 19.7 Å². The van der Waals surface area contributed by atoms with Gasteiger partial charge >= 0.3 is 0 Å². The molecule has 0 aliphatic carbocycles. The molecule has 0 aromatic rings. The summed E-state index contributed by atoms with van der Waals surface area (Å²) in [5.41, 5.74) is 0. The minimum absolute atomic E-state index is 0.108. The largest absolute Gasteiger partial charge is 0.394 e. The van der Waals surface area contributed by atoms with Crippen LogP contribution in [-0.2, 0) is 0 Å². The number of aliphatic hydroxyl groups excluding tert-OH is 2. The summed E-state index contributed by atoms with van der Waals surface area (Å²) in [6.45, 7) is 1.78. The second kappa shape index (κ2) is 3.63. The quantitative estimate of drug-likeness (QED) is 0.537. The first-order valence-corrected chi connectivity index (χ1v) is 4.04. The molecule has 60 valence electrons. The summed E-state index contributed by atoms with van der Waals surface area (Å²) in [4.78, 5) is 0. The van der Waals surface area contributed by atoms with E-state index in [4.69, 9.17) is 5.11 Å². The van der Waals surface area contributed by atoms with Crippen LogP contribution in [0.25, 0.3) is 0 Å². The van der Waals surface area contributed by atoms with Crippen molar-refractivity contribution in [1.29, 1.82) is 0 Å². The monoisotopic (exact) mass is 163 g/mol. The fourth-order valence-corrected chi connectivity index (χ4v) is 1.70. The Morgan fingerprint density at radius 2 is 2.40 bits per heavy atom. The molecule has 0 bridgehead atoms. The Kier molecular flexibility index (Phi) is 3.05. The van der Waals surface area contributed by atoms with E-state index in [2.05, 4.69) is 14.1 Å². The number of nitrogens with zero attached hydrogens (tertiary/aromatic N) is 1. The maximum absolute atomic E-state index is 9.19. The molecule has 1 rings (SSSR count). The van der Waals surface area contributed by atoms with Crippen LogP contribution in [0.15, 0.2) is 0 Å². The van der Waals surface area contributed by atoms with E-state index >= 15 is 0 Å². The summed E-state index contributed by atoms with van der Waals surface area (Å²) in [6, 6.07) is 0. The molecule has 0 spiro atoms. The van der Waals surface area contributed by atoms with Crippen LogP contribution in [0.4, 0.5) is 0 Å². The Bertz CT molecular complexity index is 112. The molecular weight excluding hydrogens is 149 g/mol. The highest BCUT2D eigenvalue weighted by atomic mass is 31.0. The fourth-order valence-electron chi connectivity index (χ4n) is 1.28. The third kappa shape index (κ3) is 1.89. The summed E-state index contributed by atoms with van der Waals surface area (Å²) in [5, 5.41) is 17.8. The zero-order valence-electron chi connectivity index (χ0n) is 5.90. The smallest absolute Gasteiger partial charge is 0.0811 e. The van der Waals surface area contributed by atoms with Crippen molar-refractivity contribution in [3.05, 3.63) is 0 Å². The second-order valence-corrected chi connectivity index (χ2v) is 3.52. The second-order valence-electron chi connectivity index (χ2n) is 2.79. The lowest BCUT2D eigenvalue weighted by atomic mass is 10.0. The van der Waals surface area contributed by atoms with Gasteiger partial charge in [-0.15, -0.1) is 0 Å².